The van der Waals surface area contributed by atoms with E-state index in [1.54, 1.807) is 0 Å². The summed E-state index contributed by atoms with van der Waals surface area (Å²) in [5.74, 6) is 0.436. The predicted molar refractivity (Wildman–Crippen MR) is 60.1 cm³/mol. The Bertz CT molecular complexity index is 321. The van der Waals surface area contributed by atoms with Crippen LogP contribution in [-0.2, 0) is 14.6 Å². The first-order valence-electron chi connectivity index (χ1n) is 5.72. The van der Waals surface area contributed by atoms with Gasteiger partial charge in [-0.2, -0.15) is 0 Å². The Morgan fingerprint density at radius 2 is 1.75 bits per heavy atom. The lowest BCUT2D eigenvalue weighted by Gasteiger charge is -2.46. The Labute approximate surface area is 96.3 Å². The number of aliphatic hydroxyl groups excluding tert-OH is 1. The predicted octanol–water partition coefficient (Wildman–Crippen LogP) is -0.742. The van der Waals surface area contributed by atoms with Crippen LogP contribution in [0.15, 0.2) is 0 Å². The fraction of sp³-hybridized carbons (Fsp3) is 1.00. The van der Waals surface area contributed by atoms with Crippen molar-refractivity contribution in [1.82, 2.24) is 4.90 Å². The molecule has 2 rings (SSSR count). The van der Waals surface area contributed by atoms with Crippen molar-refractivity contribution in [2.24, 2.45) is 0 Å². The lowest BCUT2D eigenvalue weighted by Crippen LogP contribution is -2.59. The van der Waals surface area contributed by atoms with Gasteiger partial charge in [-0.3, -0.25) is 4.90 Å². The topological polar surface area (TPSA) is 66.8 Å². The van der Waals surface area contributed by atoms with Crippen molar-refractivity contribution in [1.29, 1.82) is 0 Å². The highest BCUT2D eigenvalue weighted by molar-refractivity contribution is 7.91. The molecule has 2 saturated heterocycles. The molecule has 94 valence electrons. The standard InChI is InChI=1S/C10H19NO4S/c12-9-10(1-5-15-6-2-10)11-3-7-16(13,14)8-4-11/h12H,1-9H2. The molecule has 0 atom stereocenters. The van der Waals surface area contributed by atoms with Gasteiger partial charge >= 0.3 is 0 Å². The van der Waals surface area contributed by atoms with E-state index in [-0.39, 0.29) is 23.7 Å². The third kappa shape index (κ3) is 2.40. The van der Waals surface area contributed by atoms with Gasteiger partial charge in [0.15, 0.2) is 9.84 Å². The van der Waals surface area contributed by atoms with Crippen LogP contribution >= 0.6 is 0 Å². The molecular weight excluding hydrogens is 230 g/mol. The number of rotatable bonds is 2. The van der Waals surface area contributed by atoms with Gasteiger partial charge in [0.05, 0.1) is 18.1 Å². The van der Waals surface area contributed by atoms with Gasteiger partial charge in [-0.15, -0.1) is 0 Å². The molecule has 16 heavy (non-hydrogen) atoms. The van der Waals surface area contributed by atoms with Gasteiger partial charge in [0.2, 0.25) is 0 Å². The summed E-state index contributed by atoms with van der Waals surface area (Å²) in [7, 11) is -2.84. The summed E-state index contributed by atoms with van der Waals surface area (Å²) in [6.07, 6.45) is 1.59. The lowest BCUT2D eigenvalue weighted by molar-refractivity contribution is -0.0533. The smallest absolute Gasteiger partial charge is 0.152 e. The van der Waals surface area contributed by atoms with E-state index in [0.29, 0.717) is 26.3 Å². The molecule has 0 bridgehead atoms. The van der Waals surface area contributed by atoms with Crippen LogP contribution in [0, 0.1) is 0 Å². The maximum Gasteiger partial charge on any atom is 0.152 e. The largest absolute Gasteiger partial charge is 0.394 e. The summed E-state index contributed by atoms with van der Waals surface area (Å²) in [6, 6.07) is 0. The second-order valence-corrected chi connectivity index (χ2v) is 6.94. The highest BCUT2D eigenvalue weighted by atomic mass is 32.2. The zero-order chi connectivity index (χ0) is 11.6. The van der Waals surface area contributed by atoms with E-state index in [0.717, 1.165) is 12.8 Å². The maximum atomic E-state index is 11.4. The molecule has 0 unspecified atom stereocenters. The zero-order valence-corrected chi connectivity index (χ0v) is 10.2. The molecule has 2 aliphatic heterocycles. The summed E-state index contributed by atoms with van der Waals surface area (Å²) < 4.78 is 28.0. The number of aliphatic hydroxyl groups is 1. The minimum absolute atomic E-state index is 0.0937. The fourth-order valence-electron chi connectivity index (χ4n) is 2.51. The summed E-state index contributed by atoms with van der Waals surface area (Å²) in [5, 5.41) is 9.58. The lowest BCUT2D eigenvalue weighted by atomic mass is 9.89. The molecule has 0 aliphatic carbocycles. The van der Waals surface area contributed by atoms with Gasteiger partial charge in [-0.1, -0.05) is 0 Å². The van der Waals surface area contributed by atoms with E-state index in [2.05, 4.69) is 4.90 Å². The summed E-state index contributed by atoms with van der Waals surface area (Å²) >= 11 is 0. The summed E-state index contributed by atoms with van der Waals surface area (Å²) in [4.78, 5) is 2.14. The van der Waals surface area contributed by atoms with Crippen molar-refractivity contribution in [3.8, 4) is 0 Å². The second kappa shape index (κ2) is 4.60. The van der Waals surface area contributed by atoms with E-state index in [4.69, 9.17) is 4.74 Å². The minimum atomic E-state index is -2.84. The Morgan fingerprint density at radius 3 is 2.25 bits per heavy atom. The minimum Gasteiger partial charge on any atom is -0.394 e. The Kier molecular flexibility index (Phi) is 3.53. The summed E-state index contributed by atoms with van der Waals surface area (Å²) in [6.45, 7) is 2.50. The van der Waals surface area contributed by atoms with E-state index in [9.17, 15) is 13.5 Å². The first-order valence-corrected chi connectivity index (χ1v) is 7.54. The SMILES string of the molecule is O=S1(=O)CCN(C2(CO)CCOCC2)CC1. The maximum absolute atomic E-state index is 11.4. The molecule has 1 N–H and O–H groups in total. The van der Waals surface area contributed by atoms with Crippen LogP contribution in [0.3, 0.4) is 0 Å². The second-order valence-electron chi connectivity index (χ2n) is 4.63. The molecule has 0 aromatic rings. The molecule has 0 aromatic carbocycles. The fourth-order valence-corrected chi connectivity index (χ4v) is 3.71. The first-order chi connectivity index (χ1) is 7.58. The van der Waals surface area contributed by atoms with Gasteiger partial charge in [0, 0.05) is 31.8 Å². The van der Waals surface area contributed by atoms with Crippen molar-refractivity contribution in [3.05, 3.63) is 0 Å². The molecule has 6 heteroatoms. The number of hydrogen-bond acceptors (Lipinski definition) is 5. The van der Waals surface area contributed by atoms with Crippen molar-refractivity contribution in [2.75, 3.05) is 44.4 Å². The van der Waals surface area contributed by atoms with Gasteiger partial charge in [-0.05, 0) is 12.8 Å². The quantitative estimate of drug-likeness (QED) is 0.698. The van der Waals surface area contributed by atoms with Crippen molar-refractivity contribution < 1.29 is 18.3 Å². The molecule has 2 aliphatic rings. The van der Waals surface area contributed by atoms with Gasteiger partial charge < -0.3 is 9.84 Å². The number of ether oxygens (including phenoxy) is 1. The van der Waals surface area contributed by atoms with Gasteiger partial charge in [0.25, 0.3) is 0 Å². The monoisotopic (exact) mass is 249 g/mol. The van der Waals surface area contributed by atoms with Crippen LogP contribution in [0.1, 0.15) is 12.8 Å². The highest BCUT2D eigenvalue weighted by Gasteiger charge is 2.40. The molecule has 5 nitrogen and oxygen atoms in total. The van der Waals surface area contributed by atoms with Gasteiger partial charge in [0.1, 0.15) is 0 Å². The van der Waals surface area contributed by atoms with Crippen LogP contribution in [0.4, 0.5) is 0 Å². The molecule has 2 fully saturated rings. The van der Waals surface area contributed by atoms with Crippen LogP contribution < -0.4 is 0 Å². The molecule has 0 amide bonds. The Hall–Kier alpha value is -0.170. The Balaban J connectivity index is 2.05. The van der Waals surface area contributed by atoms with Crippen molar-refractivity contribution in [3.63, 3.8) is 0 Å². The number of hydrogen-bond donors (Lipinski definition) is 1. The van der Waals surface area contributed by atoms with E-state index in [1.165, 1.54) is 0 Å². The number of nitrogens with zero attached hydrogens (tertiary/aromatic N) is 1. The average Bonchev–Trinajstić information content (AvgIpc) is 2.30. The number of sulfone groups is 1. The molecular formula is C10H19NO4S. The molecule has 0 spiro atoms. The van der Waals surface area contributed by atoms with Crippen molar-refractivity contribution >= 4 is 9.84 Å². The van der Waals surface area contributed by atoms with E-state index in [1.807, 2.05) is 0 Å². The van der Waals surface area contributed by atoms with Crippen LogP contribution in [0.2, 0.25) is 0 Å². The molecule has 0 saturated carbocycles. The highest BCUT2D eigenvalue weighted by Crippen LogP contribution is 2.28. The van der Waals surface area contributed by atoms with Crippen LogP contribution in [0.5, 0.6) is 0 Å². The zero-order valence-electron chi connectivity index (χ0n) is 9.39. The van der Waals surface area contributed by atoms with Crippen LogP contribution in [-0.4, -0.2) is 68.4 Å². The van der Waals surface area contributed by atoms with Crippen LogP contribution in [0.25, 0.3) is 0 Å². The van der Waals surface area contributed by atoms with Gasteiger partial charge in [-0.25, -0.2) is 8.42 Å². The third-order valence-electron chi connectivity index (χ3n) is 3.73. The summed E-state index contributed by atoms with van der Waals surface area (Å²) in [5.41, 5.74) is -0.242. The van der Waals surface area contributed by atoms with E-state index >= 15 is 0 Å². The molecule has 2 heterocycles. The average molecular weight is 249 g/mol. The third-order valence-corrected chi connectivity index (χ3v) is 5.34. The Morgan fingerprint density at radius 1 is 1.19 bits per heavy atom. The molecule has 0 aromatic heterocycles. The normalized spacial score (nSPS) is 30.1. The van der Waals surface area contributed by atoms with Crippen molar-refractivity contribution in [2.45, 2.75) is 18.4 Å². The molecule has 0 radical (unpaired) electrons. The van der Waals surface area contributed by atoms with E-state index < -0.39 is 9.84 Å². The first kappa shape index (κ1) is 12.3.